The van der Waals surface area contributed by atoms with Gasteiger partial charge in [-0.1, -0.05) is 19.9 Å². The van der Waals surface area contributed by atoms with Crippen LogP contribution >= 0.6 is 0 Å². The lowest BCUT2D eigenvalue weighted by Gasteiger charge is -2.08. The third-order valence-electron chi connectivity index (χ3n) is 2.22. The van der Waals surface area contributed by atoms with Gasteiger partial charge < -0.3 is 10.6 Å². The molecule has 0 atom stereocenters. The molecule has 0 radical (unpaired) electrons. The molecule has 0 aliphatic heterocycles. The maximum absolute atomic E-state index is 11.6. The molecule has 0 unspecified atom stereocenters. The summed E-state index contributed by atoms with van der Waals surface area (Å²) in [4.78, 5) is 26.8. The van der Waals surface area contributed by atoms with Crippen molar-refractivity contribution in [3.8, 4) is 0 Å². The minimum atomic E-state index is -0.228. The quantitative estimate of drug-likeness (QED) is 0.738. The van der Waals surface area contributed by atoms with Crippen LogP contribution < -0.4 is 10.6 Å². The van der Waals surface area contributed by atoms with Crippen LogP contribution in [0, 0.1) is 5.92 Å². The van der Waals surface area contributed by atoms with Crippen molar-refractivity contribution >= 4 is 11.8 Å². The number of pyridine rings is 1. The second kappa shape index (κ2) is 7.42. The first-order valence-corrected chi connectivity index (χ1v) is 6.05. The Kier molecular flexibility index (Phi) is 5.84. The lowest BCUT2D eigenvalue weighted by atomic mass is 10.1. The van der Waals surface area contributed by atoms with Gasteiger partial charge in [-0.2, -0.15) is 0 Å². The molecule has 0 saturated heterocycles. The van der Waals surface area contributed by atoms with Gasteiger partial charge in [-0.3, -0.25) is 14.6 Å². The lowest BCUT2D eigenvalue weighted by Crippen LogP contribution is -2.35. The average molecular weight is 249 g/mol. The Morgan fingerprint density at radius 3 is 2.56 bits per heavy atom. The van der Waals surface area contributed by atoms with Gasteiger partial charge in [0.1, 0.15) is 5.69 Å². The van der Waals surface area contributed by atoms with Crippen LogP contribution in [0.25, 0.3) is 0 Å². The normalized spacial score (nSPS) is 10.2. The summed E-state index contributed by atoms with van der Waals surface area (Å²) >= 11 is 0. The predicted octanol–water partition coefficient (Wildman–Crippen LogP) is 0.974. The van der Waals surface area contributed by atoms with E-state index in [4.69, 9.17) is 0 Å². The number of rotatable bonds is 6. The molecule has 18 heavy (non-hydrogen) atoms. The fourth-order valence-corrected chi connectivity index (χ4v) is 1.41. The van der Waals surface area contributed by atoms with E-state index in [1.54, 1.807) is 24.4 Å². The highest BCUT2D eigenvalue weighted by atomic mass is 16.2. The summed E-state index contributed by atoms with van der Waals surface area (Å²) in [6.07, 6.45) is 2.08. The van der Waals surface area contributed by atoms with E-state index in [-0.39, 0.29) is 11.8 Å². The van der Waals surface area contributed by atoms with Gasteiger partial charge in [-0.05, 0) is 18.1 Å². The first kappa shape index (κ1) is 14.2. The van der Waals surface area contributed by atoms with Crippen molar-refractivity contribution in [3.63, 3.8) is 0 Å². The zero-order valence-corrected chi connectivity index (χ0v) is 10.8. The maximum atomic E-state index is 11.6. The molecule has 0 aliphatic carbocycles. The number of nitrogens with zero attached hydrogens (tertiary/aromatic N) is 1. The lowest BCUT2D eigenvalue weighted by molar-refractivity contribution is -0.121. The fraction of sp³-hybridized carbons (Fsp3) is 0.462. The summed E-state index contributed by atoms with van der Waals surface area (Å²) in [5, 5.41) is 5.44. The van der Waals surface area contributed by atoms with E-state index < -0.39 is 0 Å². The first-order valence-electron chi connectivity index (χ1n) is 6.05. The Bertz CT molecular complexity index is 390. The number of carbonyl (C=O) groups excluding carboxylic acids is 2. The van der Waals surface area contributed by atoms with Crippen molar-refractivity contribution in [2.75, 3.05) is 13.1 Å². The third kappa shape index (κ3) is 5.43. The van der Waals surface area contributed by atoms with Crippen LogP contribution in [0.1, 0.15) is 30.8 Å². The molecule has 1 aromatic rings. The van der Waals surface area contributed by atoms with Gasteiger partial charge in [0, 0.05) is 25.7 Å². The van der Waals surface area contributed by atoms with E-state index in [1.165, 1.54) is 0 Å². The van der Waals surface area contributed by atoms with E-state index in [1.807, 2.05) is 13.8 Å². The van der Waals surface area contributed by atoms with Crippen LogP contribution in [0.5, 0.6) is 0 Å². The molecule has 1 rings (SSSR count). The highest BCUT2D eigenvalue weighted by Crippen LogP contribution is 1.97. The van der Waals surface area contributed by atoms with Gasteiger partial charge in [0.05, 0.1) is 0 Å². The van der Waals surface area contributed by atoms with Gasteiger partial charge >= 0.3 is 0 Å². The van der Waals surface area contributed by atoms with Crippen molar-refractivity contribution < 1.29 is 9.59 Å². The maximum Gasteiger partial charge on any atom is 0.269 e. The zero-order valence-electron chi connectivity index (χ0n) is 10.8. The van der Waals surface area contributed by atoms with E-state index in [0.29, 0.717) is 31.1 Å². The molecule has 0 fully saturated rings. The number of amides is 2. The molecule has 0 aliphatic rings. The molecule has 0 bridgehead atoms. The van der Waals surface area contributed by atoms with Crippen LogP contribution in [0.3, 0.4) is 0 Å². The number of hydrogen-bond donors (Lipinski definition) is 2. The Morgan fingerprint density at radius 1 is 1.22 bits per heavy atom. The molecule has 1 heterocycles. The summed E-state index contributed by atoms with van der Waals surface area (Å²) in [5.74, 6) is 0.124. The Labute approximate surface area is 107 Å². The van der Waals surface area contributed by atoms with Crippen LogP contribution in [-0.2, 0) is 4.79 Å². The Morgan fingerprint density at radius 2 is 1.94 bits per heavy atom. The molecular weight excluding hydrogens is 230 g/mol. The van der Waals surface area contributed by atoms with Crippen molar-refractivity contribution in [2.45, 2.75) is 20.3 Å². The van der Waals surface area contributed by atoms with Gasteiger partial charge in [0.25, 0.3) is 5.91 Å². The van der Waals surface area contributed by atoms with Crippen molar-refractivity contribution in [1.82, 2.24) is 15.6 Å². The van der Waals surface area contributed by atoms with Crippen molar-refractivity contribution in [1.29, 1.82) is 0 Å². The molecule has 0 saturated carbocycles. The summed E-state index contributed by atoms with van der Waals surface area (Å²) in [5.41, 5.74) is 0.381. The monoisotopic (exact) mass is 249 g/mol. The Balaban J connectivity index is 2.19. The number of hydrogen-bond acceptors (Lipinski definition) is 3. The molecular formula is C13H19N3O2. The minimum absolute atomic E-state index is 0.0112. The summed E-state index contributed by atoms with van der Waals surface area (Å²) < 4.78 is 0. The third-order valence-corrected chi connectivity index (χ3v) is 2.22. The van der Waals surface area contributed by atoms with Gasteiger partial charge in [0.2, 0.25) is 5.91 Å². The Hall–Kier alpha value is -1.91. The number of nitrogens with one attached hydrogen (secondary N) is 2. The summed E-state index contributed by atoms with van der Waals surface area (Å²) in [6.45, 7) is 4.81. The molecule has 2 amide bonds. The van der Waals surface area contributed by atoms with Gasteiger partial charge in [-0.25, -0.2) is 0 Å². The number of aromatic nitrogens is 1. The van der Waals surface area contributed by atoms with Crippen LogP contribution in [0.2, 0.25) is 0 Å². The van der Waals surface area contributed by atoms with Crippen molar-refractivity contribution in [2.24, 2.45) is 5.92 Å². The topological polar surface area (TPSA) is 71.1 Å². The molecule has 2 N–H and O–H groups in total. The average Bonchev–Trinajstić information content (AvgIpc) is 2.34. The standard InChI is InChI=1S/C13H19N3O2/c1-10(2)9-12(17)15-7-8-16-13(18)11-5-3-4-6-14-11/h3-6,10H,7-9H2,1-2H3,(H,15,17)(H,16,18). The predicted molar refractivity (Wildman–Crippen MR) is 69.0 cm³/mol. The minimum Gasteiger partial charge on any atom is -0.354 e. The van der Waals surface area contributed by atoms with Crippen LogP contribution in [0.15, 0.2) is 24.4 Å². The smallest absolute Gasteiger partial charge is 0.269 e. The summed E-state index contributed by atoms with van der Waals surface area (Å²) in [7, 11) is 0. The SMILES string of the molecule is CC(C)CC(=O)NCCNC(=O)c1ccccn1. The van der Waals surface area contributed by atoms with E-state index in [0.717, 1.165) is 0 Å². The molecule has 98 valence electrons. The van der Waals surface area contributed by atoms with E-state index in [9.17, 15) is 9.59 Å². The van der Waals surface area contributed by atoms with Gasteiger partial charge in [0.15, 0.2) is 0 Å². The van der Waals surface area contributed by atoms with Crippen LogP contribution in [0.4, 0.5) is 0 Å². The molecule has 0 spiro atoms. The fourth-order valence-electron chi connectivity index (χ4n) is 1.41. The van der Waals surface area contributed by atoms with Crippen LogP contribution in [-0.4, -0.2) is 29.9 Å². The summed E-state index contributed by atoms with van der Waals surface area (Å²) in [6, 6.07) is 5.15. The zero-order chi connectivity index (χ0) is 13.4. The molecule has 0 aromatic carbocycles. The molecule has 1 aromatic heterocycles. The highest BCUT2D eigenvalue weighted by molar-refractivity contribution is 5.92. The second-order valence-corrected chi connectivity index (χ2v) is 4.42. The number of carbonyl (C=O) groups is 2. The largest absolute Gasteiger partial charge is 0.354 e. The highest BCUT2D eigenvalue weighted by Gasteiger charge is 2.06. The first-order chi connectivity index (χ1) is 8.59. The van der Waals surface area contributed by atoms with Crippen molar-refractivity contribution in [3.05, 3.63) is 30.1 Å². The van der Waals surface area contributed by atoms with Gasteiger partial charge in [-0.15, -0.1) is 0 Å². The second-order valence-electron chi connectivity index (χ2n) is 4.42. The van der Waals surface area contributed by atoms with E-state index in [2.05, 4.69) is 15.6 Å². The van der Waals surface area contributed by atoms with E-state index >= 15 is 0 Å². The molecule has 5 nitrogen and oxygen atoms in total. The molecule has 5 heteroatoms.